The zero-order valence-electron chi connectivity index (χ0n) is 25.0. The molecule has 0 atom stereocenters. The van der Waals surface area contributed by atoms with E-state index < -0.39 is 0 Å². The van der Waals surface area contributed by atoms with Crippen molar-refractivity contribution in [2.45, 2.75) is 32.0 Å². The van der Waals surface area contributed by atoms with E-state index >= 15 is 0 Å². The van der Waals surface area contributed by atoms with Crippen molar-refractivity contribution in [2.75, 3.05) is 42.1 Å². The van der Waals surface area contributed by atoms with Gasteiger partial charge in [0.05, 0.1) is 29.0 Å². The van der Waals surface area contributed by atoms with E-state index in [0.29, 0.717) is 24.2 Å². The molecule has 0 amide bonds. The molecule has 4 N–H and O–H groups in total. The highest BCUT2D eigenvalue weighted by Crippen LogP contribution is 2.24. The van der Waals surface area contributed by atoms with E-state index in [1.54, 1.807) is 12.1 Å². The van der Waals surface area contributed by atoms with Crippen molar-refractivity contribution in [1.82, 2.24) is 19.8 Å². The van der Waals surface area contributed by atoms with Crippen molar-refractivity contribution in [3.05, 3.63) is 120 Å². The molecule has 1 aliphatic heterocycles. The van der Waals surface area contributed by atoms with E-state index in [1.165, 1.54) is 24.3 Å². The third kappa shape index (κ3) is 8.14. The summed E-state index contributed by atoms with van der Waals surface area (Å²) >= 11 is 5.59. The predicted molar refractivity (Wildman–Crippen MR) is 183 cm³/mol. The predicted octanol–water partition coefficient (Wildman–Crippen LogP) is 6.84. The minimum absolute atomic E-state index is 0.231. The minimum Gasteiger partial charge on any atom is -0.379 e. The molecule has 4 aromatic carbocycles. The van der Waals surface area contributed by atoms with Gasteiger partial charge in [-0.05, 0) is 84.7 Å². The smallest absolute Gasteiger partial charge is 0.204 e. The number of hydrogen-bond donors (Lipinski definition) is 4. The number of nitrogens with one attached hydrogen (secondary N) is 4. The highest BCUT2D eigenvalue weighted by atomic mass is 32.1. The number of rotatable bonds is 11. The van der Waals surface area contributed by atoms with Gasteiger partial charge in [-0.2, -0.15) is 0 Å². The molecule has 1 saturated heterocycles. The molecule has 0 aliphatic carbocycles. The maximum atomic E-state index is 13.5. The van der Waals surface area contributed by atoms with E-state index in [1.807, 2.05) is 54.6 Å². The Labute approximate surface area is 267 Å². The molecule has 5 aromatic rings. The van der Waals surface area contributed by atoms with Crippen LogP contribution in [-0.2, 0) is 13.1 Å². The quantitative estimate of drug-likeness (QED) is 0.120. The molecular weight excluding hydrogens is 588 g/mol. The van der Waals surface area contributed by atoms with Gasteiger partial charge in [-0.25, -0.2) is 13.8 Å². The molecule has 0 spiro atoms. The van der Waals surface area contributed by atoms with Crippen LogP contribution in [-0.4, -0.2) is 51.8 Å². The molecule has 232 valence electrons. The van der Waals surface area contributed by atoms with Gasteiger partial charge in [0.25, 0.3) is 0 Å². The van der Waals surface area contributed by atoms with E-state index in [0.717, 1.165) is 78.5 Å². The average Bonchev–Trinajstić information content (AvgIpc) is 3.39. The Bertz CT molecular complexity index is 1710. The van der Waals surface area contributed by atoms with Crippen LogP contribution in [0.2, 0.25) is 0 Å². The van der Waals surface area contributed by atoms with Crippen LogP contribution in [0.15, 0.2) is 97.1 Å². The van der Waals surface area contributed by atoms with Crippen LogP contribution in [0.5, 0.6) is 0 Å². The topological polar surface area (TPSA) is 69.2 Å². The van der Waals surface area contributed by atoms with Crippen molar-refractivity contribution in [3.63, 3.8) is 0 Å². The van der Waals surface area contributed by atoms with Crippen LogP contribution < -0.4 is 21.3 Å². The fraction of sp³-hybridized carbons (Fsp3) is 0.257. The Morgan fingerprint density at radius 3 is 2.18 bits per heavy atom. The molecule has 1 aromatic heterocycles. The van der Waals surface area contributed by atoms with Gasteiger partial charge in [0, 0.05) is 38.8 Å². The second-order valence-corrected chi connectivity index (χ2v) is 11.7. The molecule has 6 rings (SSSR count). The summed E-state index contributed by atoms with van der Waals surface area (Å²) in [4.78, 5) is 7.35. The highest BCUT2D eigenvalue weighted by Gasteiger charge is 2.21. The molecule has 10 heteroatoms. The first kappa shape index (κ1) is 30.5. The van der Waals surface area contributed by atoms with Crippen LogP contribution in [0.25, 0.3) is 11.0 Å². The number of likely N-dealkylation sites (tertiary alicyclic amines) is 1. The number of hydrogen-bond acceptors (Lipinski definition) is 5. The lowest BCUT2D eigenvalue weighted by Gasteiger charge is -2.32. The van der Waals surface area contributed by atoms with Gasteiger partial charge in [0.1, 0.15) is 11.6 Å². The molecule has 0 radical (unpaired) electrons. The van der Waals surface area contributed by atoms with Crippen molar-refractivity contribution < 1.29 is 8.78 Å². The molecule has 1 fully saturated rings. The second-order valence-electron chi connectivity index (χ2n) is 11.3. The summed E-state index contributed by atoms with van der Waals surface area (Å²) in [5.74, 6) is 0.379. The lowest BCUT2D eigenvalue weighted by Crippen LogP contribution is -2.43. The maximum absolute atomic E-state index is 13.5. The number of benzene rings is 4. The summed E-state index contributed by atoms with van der Waals surface area (Å²) in [6.45, 7) is 4.79. The number of nitrogens with zero attached hydrogens (tertiary/aromatic N) is 3. The highest BCUT2D eigenvalue weighted by molar-refractivity contribution is 7.80. The number of para-hydroxylation sites is 4. The summed E-state index contributed by atoms with van der Waals surface area (Å²) < 4.78 is 28.9. The number of aromatic nitrogens is 2. The van der Waals surface area contributed by atoms with Gasteiger partial charge < -0.3 is 30.7 Å². The van der Waals surface area contributed by atoms with E-state index in [4.69, 9.17) is 17.2 Å². The van der Waals surface area contributed by atoms with Crippen molar-refractivity contribution in [2.24, 2.45) is 0 Å². The number of thiocarbonyl (C=S) groups is 1. The maximum Gasteiger partial charge on any atom is 0.204 e. The Hall–Kier alpha value is -4.54. The molecule has 2 heterocycles. The fourth-order valence-corrected chi connectivity index (χ4v) is 5.85. The minimum atomic E-state index is -0.241. The van der Waals surface area contributed by atoms with Crippen molar-refractivity contribution in [3.8, 4) is 0 Å². The van der Waals surface area contributed by atoms with E-state index in [-0.39, 0.29) is 11.6 Å². The largest absolute Gasteiger partial charge is 0.379 e. The molecule has 45 heavy (non-hydrogen) atoms. The number of halogens is 2. The van der Waals surface area contributed by atoms with Crippen LogP contribution in [0.1, 0.15) is 24.0 Å². The Kier molecular flexibility index (Phi) is 9.82. The summed E-state index contributed by atoms with van der Waals surface area (Å²) in [5.41, 5.74) is 5.84. The number of piperidine rings is 1. The first-order valence-electron chi connectivity index (χ1n) is 15.3. The van der Waals surface area contributed by atoms with E-state index in [2.05, 4.69) is 36.8 Å². The molecule has 0 saturated carbocycles. The molecule has 0 bridgehead atoms. The third-order valence-corrected chi connectivity index (χ3v) is 8.36. The van der Waals surface area contributed by atoms with Crippen molar-refractivity contribution >= 4 is 45.7 Å². The zero-order valence-corrected chi connectivity index (χ0v) is 25.8. The van der Waals surface area contributed by atoms with Crippen LogP contribution >= 0.6 is 12.2 Å². The fourth-order valence-electron chi connectivity index (χ4n) is 5.64. The molecule has 7 nitrogen and oxygen atoms in total. The Morgan fingerprint density at radius 1 is 0.800 bits per heavy atom. The summed E-state index contributed by atoms with van der Waals surface area (Å²) in [5, 5.41) is 14.3. The average molecular weight is 626 g/mol. The Balaban J connectivity index is 0.963. The van der Waals surface area contributed by atoms with Gasteiger partial charge in [0.2, 0.25) is 5.95 Å². The molecular formula is C35H37F2N7S. The number of fused-ring (bicyclic) bond motifs is 1. The first-order valence-corrected chi connectivity index (χ1v) is 15.7. The van der Waals surface area contributed by atoms with Gasteiger partial charge in [-0.15, -0.1) is 0 Å². The summed E-state index contributed by atoms with van der Waals surface area (Å²) in [7, 11) is 0. The van der Waals surface area contributed by atoms with Gasteiger partial charge >= 0.3 is 0 Å². The zero-order chi connectivity index (χ0) is 31.0. The van der Waals surface area contributed by atoms with Crippen LogP contribution in [0, 0.1) is 11.6 Å². The van der Waals surface area contributed by atoms with Gasteiger partial charge in [-0.3, -0.25) is 0 Å². The lowest BCUT2D eigenvalue weighted by molar-refractivity contribution is 0.222. The lowest BCUT2D eigenvalue weighted by atomic mass is 10.1. The number of anilines is 3. The summed E-state index contributed by atoms with van der Waals surface area (Å²) in [6, 6.07) is 29.5. The van der Waals surface area contributed by atoms with Crippen molar-refractivity contribution in [1.29, 1.82) is 0 Å². The SMILES string of the molecule is Fc1ccc(CNc2ccccc2NC(=S)NCCN2CCC(Nc3nc4ccccc4n3Cc3ccc(F)cc3)CC2)cc1. The molecule has 1 aliphatic rings. The molecule has 0 unspecified atom stereocenters. The Morgan fingerprint density at radius 2 is 1.44 bits per heavy atom. The second kappa shape index (κ2) is 14.5. The van der Waals surface area contributed by atoms with Crippen LogP contribution in [0.3, 0.4) is 0 Å². The van der Waals surface area contributed by atoms with Gasteiger partial charge in [0.15, 0.2) is 5.11 Å². The first-order chi connectivity index (χ1) is 22.0. The normalized spacial score (nSPS) is 13.9. The van der Waals surface area contributed by atoms with E-state index in [9.17, 15) is 8.78 Å². The number of imidazole rings is 1. The monoisotopic (exact) mass is 625 g/mol. The standard InChI is InChI=1S/C35H37F2N7S/c36-27-13-9-25(10-14-27)23-39-30-5-1-2-6-31(30)42-35(45)38-19-22-43-20-17-29(18-21-43)40-34-41-32-7-3-4-8-33(32)44(34)24-26-11-15-28(37)16-12-26/h1-16,29,39H,17-24H2,(H,40,41)(H2,38,42,45). The van der Waals surface area contributed by atoms with Crippen LogP contribution in [0.4, 0.5) is 26.1 Å². The van der Waals surface area contributed by atoms with Gasteiger partial charge in [-0.1, -0.05) is 48.5 Å². The third-order valence-electron chi connectivity index (χ3n) is 8.11. The summed E-state index contributed by atoms with van der Waals surface area (Å²) in [6.07, 6.45) is 2.02.